The van der Waals surface area contributed by atoms with Crippen LogP contribution in [0.4, 0.5) is 17.8 Å². The lowest BCUT2D eigenvalue weighted by Crippen LogP contribution is -2.45. The number of piperazine rings is 1. The van der Waals surface area contributed by atoms with Gasteiger partial charge < -0.3 is 9.80 Å². The molecule has 1 saturated heterocycles. The summed E-state index contributed by atoms with van der Waals surface area (Å²) in [4.78, 5) is 39.5. The third kappa shape index (κ3) is 6.06. The number of aromatic nitrogens is 5. The van der Waals surface area contributed by atoms with E-state index in [0.717, 1.165) is 48.2 Å². The molecular weight excluding hydrogens is 448 g/mol. The predicted molar refractivity (Wildman–Crippen MR) is 136 cm³/mol. The van der Waals surface area contributed by atoms with Gasteiger partial charge in [0.15, 0.2) is 0 Å². The summed E-state index contributed by atoms with van der Waals surface area (Å²) in [5.74, 6) is 2.75. The molecule has 0 radical (unpaired) electrons. The van der Waals surface area contributed by atoms with Crippen molar-refractivity contribution in [1.82, 2.24) is 29.8 Å². The zero-order valence-electron chi connectivity index (χ0n) is 19.9. The molecule has 1 fully saturated rings. The topological polar surface area (TPSA) is 100 Å². The average molecular weight is 479 g/mol. The van der Waals surface area contributed by atoms with E-state index in [-0.39, 0.29) is 5.78 Å². The number of aryl methyl sites for hydroxylation is 1. The van der Waals surface area contributed by atoms with Crippen LogP contribution in [0, 0.1) is 0 Å². The smallest absolute Gasteiger partial charge is 0.234 e. The van der Waals surface area contributed by atoms with Gasteiger partial charge in [-0.2, -0.15) is 15.0 Å². The maximum Gasteiger partial charge on any atom is 0.234 e. The summed E-state index contributed by atoms with van der Waals surface area (Å²) in [6.45, 7) is 7.58. The minimum Gasteiger partial charge on any atom is -0.338 e. The fourth-order valence-corrected chi connectivity index (χ4v) is 4.45. The molecule has 3 aromatic rings. The Morgan fingerprint density at radius 3 is 2.47 bits per heavy atom. The fraction of sp³-hybridized carbons (Fsp3) is 0.417. The van der Waals surface area contributed by atoms with Crippen LogP contribution in [0.1, 0.15) is 26.1 Å². The summed E-state index contributed by atoms with van der Waals surface area (Å²) in [5, 5.41) is 3.91. The second kappa shape index (κ2) is 11.3. The maximum absolute atomic E-state index is 12.0. The van der Waals surface area contributed by atoms with Gasteiger partial charge in [-0.1, -0.05) is 55.9 Å². The van der Waals surface area contributed by atoms with Crippen LogP contribution in [-0.4, -0.2) is 74.6 Å². The van der Waals surface area contributed by atoms with Crippen molar-refractivity contribution in [1.29, 1.82) is 0 Å². The van der Waals surface area contributed by atoms with Crippen LogP contribution in [0.5, 0.6) is 0 Å². The Labute approximate surface area is 204 Å². The number of likely N-dealkylation sites (N-methyl/N-ethyl adjacent to an activating group) is 1. The van der Waals surface area contributed by atoms with Crippen molar-refractivity contribution < 1.29 is 4.79 Å². The second-order valence-electron chi connectivity index (χ2n) is 8.10. The minimum atomic E-state index is 0.180. The number of nitrogens with one attached hydrogen (secondary N) is 1. The van der Waals surface area contributed by atoms with Gasteiger partial charge in [-0.15, -0.1) is 0 Å². The lowest BCUT2D eigenvalue weighted by Gasteiger charge is -2.32. The van der Waals surface area contributed by atoms with Gasteiger partial charge in [0, 0.05) is 50.8 Å². The number of anilines is 3. The summed E-state index contributed by atoms with van der Waals surface area (Å²) < 4.78 is 0. The van der Waals surface area contributed by atoms with Crippen molar-refractivity contribution in [2.24, 2.45) is 0 Å². The first-order chi connectivity index (χ1) is 16.6. The Bertz CT molecular complexity index is 1120. The molecule has 0 saturated carbocycles. The summed E-state index contributed by atoms with van der Waals surface area (Å²) in [6, 6.07) is 9.95. The van der Waals surface area contributed by atoms with Crippen LogP contribution in [0.25, 0.3) is 11.1 Å². The highest BCUT2D eigenvalue weighted by molar-refractivity contribution is 8.00. The van der Waals surface area contributed by atoms with Gasteiger partial charge in [0.05, 0.1) is 5.75 Å². The van der Waals surface area contributed by atoms with E-state index in [1.165, 1.54) is 11.8 Å². The van der Waals surface area contributed by atoms with Crippen molar-refractivity contribution >= 4 is 35.4 Å². The zero-order chi connectivity index (χ0) is 23.9. The van der Waals surface area contributed by atoms with Crippen molar-refractivity contribution in [3.8, 4) is 11.1 Å². The molecule has 178 valence electrons. The Balaban J connectivity index is 1.61. The van der Waals surface area contributed by atoms with E-state index in [0.29, 0.717) is 36.4 Å². The van der Waals surface area contributed by atoms with Crippen molar-refractivity contribution in [2.75, 3.05) is 49.2 Å². The monoisotopic (exact) mass is 478 g/mol. The van der Waals surface area contributed by atoms with Gasteiger partial charge in [0.25, 0.3) is 0 Å². The van der Waals surface area contributed by atoms with E-state index in [4.69, 9.17) is 4.98 Å². The van der Waals surface area contributed by atoms with Crippen molar-refractivity contribution in [3.05, 3.63) is 42.4 Å². The molecule has 1 N–H and O–H groups in total. The zero-order valence-corrected chi connectivity index (χ0v) is 20.7. The van der Waals surface area contributed by atoms with Crippen LogP contribution in [0.15, 0.2) is 41.6 Å². The summed E-state index contributed by atoms with van der Waals surface area (Å²) in [7, 11) is 2.12. The van der Waals surface area contributed by atoms with Crippen LogP contribution in [-0.2, 0) is 11.2 Å². The van der Waals surface area contributed by atoms with Gasteiger partial charge in [0.2, 0.25) is 17.8 Å². The highest BCUT2D eigenvalue weighted by Gasteiger charge is 2.19. The van der Waals surface area contributed by atoms with Gasteiger partial charge >= 0.3 is 0 Å². The summed E-state index contributed by atoms with van der Waals surface area (Å²) in [6.07, 6.45) is 2.99. The number of benzene rings is 1. The molecule has 0 amide bonds. The molecule has 4 rings (SSSR count). The quantitative estimate of drug-likeness (QED) is 0.363. The first-order valence-electron chi connectivity index (χ1n) is 11.6. The first kappa shape index (κ1) is 24.0. The van der Waals surface area contributed by atoms with Crippen LogP contribution in [0.2, 0.25) is 0 Å². The van der Waals surface area contributed by atoms with E-state index in [2.05, 4.69) is 42.1 Å². The molecule has 0 bridgehead atoms. The van der Waals surface area contributed by atoms with Gasteiger partial charge in [-0.25, -0.2) is 9.97 Å². The van der Waals surface area contributed by atoms with Gasteiger partial charge in [0.1, 0.15) is 16.6 Å². The van der Waals surface area contributed by atoms with Crippen molar-refractivity contribution in [3.63, 3.8) is 0 Å². The first-order valence-corrected chi connectivity index (χ1v) is 12.6. The Hall–Kier alpha value is -3.11. The molecule has 2 aromatic heterocycles. The van der Waals surface area contributed by atoms with Crippen molar-refractivity contribution in [2.45, 2.75) is 31.7 Å². The predicted octanol–water partition coefficient (Wildman–Crippen LogP) is 3.46. The molecule has 0 atom stereocenters. The minimum absolute atomic E-state index is 0.180. The molecule has 0 unspecified atom stereocenters. The molecule has 1 aliphatic heterocycles. The van der Waals surface area contributed by atoms with Gasteiger partial charge in [-0.05, 0) is 12.6 Å². The normalized spacial score (nSPS) is 14.3. The van der Waals surface area contributed by atoms with Crippen LogP contribution < -0.4 is 10.2 Å². The third-order valence-corrected chi connectivity index (χ3v) is 6.65. The molecule has 1 aromatic carbocycles. The number of ketones is 1. The molecule has 3 heterocycles. The number of carbonyl (C=O) groups excluding carboxylic acids is 1. The van der Waals surface area contributed by atoms with E-state index < -0.39 is 0 Å². The number of thioether (sulfide) groups is 1. The van der Waals surface area contributed by atoms with E-state index in [9.17, 15) is 4.79 Å². The Kier molecular flexibility index (Phi) is 8.02. The van der Waals surface area contributed by atoms with Gasteiger partial charge in [-0.3, -0.25) is 10.1 Å². The van der Waals surface area contributed by atoms with Crippen LogP contribution >= 0.6 is 11.8 Å². The molecular formula is C24H30N8OS. The highest BCUT2D eigenvalue weighted by Crippen LogP contribution is 2.30. The SMILES string of the molecule is CCC(=O)CSc1nc(Nc2nc(CC)nc(N3CCN(C)CC3)n2)ncc1-c1ccccc1. The van der Waals surface area contributed by atoms with E-state index in [1.807, 2.05) is 44.2 Å². The largest absolute Gasteiger partial charge is 0.338 e. The summed E-state index contributed by atoms with van der Waals surface area (Å²) in [5.41, 5.74) is 1.90. The number of hydrogen-bond donors (Lipinski definition) is 1. The lowest BCUT2D eigenvalue weighted by molar-refractivity contribution is -0.116. The standard InChI is InChI=1S/C24H30N8OS/c1-4-18(33)16-34-21-19(17-9-7-6-8-10-17)15-25-22(28-21)29-23-26-20(5-2)27-24(30-23)32-13-11-31(3)12-14-32/h6-10,15H,4-5,11-14,16H2,1-3H3,(H,25,26,27,28,29,30). The fourth-order valence-electron chi connectivity index (χ4n) is 3.47. The Morgan fingerprint density at radius 2 is 1.76 bits per heavy atom. The average Bonchev–Trinajstić information content (AvgIpc) is 2.88. The molecule has 9 nitrogen and oxygen atoms in total. The summed E-state index contributed by atoms with van der Waals surface area (Å²) >= 11 is 1.43. The maximum atomic E-state index is 12.0. The molecule has 0 spiro atoms. The van der Waals surface area contributed by atoms with E-state index in [1.54, 1.807) is 6.20 Å². The molecule has 34 heavy (non-hydrogen) atoms. The second-order valence-corrected chi connectivity index (χ2v) is 9.07. The molecule has 10 heteroatoms. The molecule has 1 aliphatic rings. The highest BCUT2D eigenvalue weighted by atomic mass is 32.2. The number of carbonyl (C=O) groups is 1. The van der Waals surface area contributed by atoms with E-state index >= 15 is 0 Å². The molecule has 0 aliphatic carbocycles. The lowest BCUT2D eigenvalue weighted by atomic mass is 10.1. The number of hydrogen-bond acceptors (Lipinski definition) is 10. The van der Waals surface area contributed by atoms with Crippen LogP contribution in [0.3, 0.4) is 0 Å². The number of nitrogens with zero attached hydrogens (tertiary/aromatic N) is 7. The Morgan fingerprint density at radius 1 is 1.00 bits per heavy atom. The third-order valence-electron chi connectivity index (χ3n) is 5.60. The number of rotatable bonds is 9. The number of Topliss-reactive ketones (excluding diaryl/α,β-unsaturated/α-hetero) is 1.